The third-order valence-electron chi connectivity index (χ3n) is 4.85. The summed E-state index contributed by atoms with van der Waals surface area (Å²) in [5.41, 5.74) is 2.29. The van der Waals surface area contributed by atoms with Gasteiger partial charge in [-0.15, -0.1) is 0 Å². The van der Waals surface area contributed by atoms with E-state index in [1.54, 1.807) is 12.1 Å². The summed E-state index contributed by atoms with van der Waals surface area (Å²) in [5, 5.41) is 5.04. The minimum atomic E-state index is -3.19. The van der Waals surface area contributed by atoms with E-state index in [2.05, 4.69) is 10.6 Å². The summed E-state index contributed by atoms with van der Waals surface area (Å²) >= 11 is 0. The number of rotatable bonds is 3. The Bertz CT molecular complexity index is 773. The Labute approximate surface area is 141 Å². The summed E-state index contributed by atoms with van der Waals surface area (Å²) in [7, 11) is -3.19. The molecule has 24 heavy (non-hydrogen) atoms. The first kappa shape index (κ1) is 17.0. The first-order chi connectivity index (χ1) is 11.3. The SMILES string of the molecule is CS(=O)(=O)[C@@H]1CCCC[C@H]1NC(=O)Nc1ccc2c(c1)CCC2=O. The van der Waals surface area contributed by atoms with Crippen LogP contribution in [0.3, 0.4) is 0 Å². The molecule has 2 aliphatic carbocycles. The molecule has 7 heteroatoms. The van der Waals surface area contributed by atoms with E-state index in [1.165, 1.54) is 6.26 Å². The molecule has 0 aliphatic heterocycles. The van der Waals surface area contributed by atoms with Gasteiger partial charge in [-0.3, -0.25) is 4.79 Å². The Kier molecular flexibility index (Phi) is 4.62. The molecule has 0 unspecified atom stereocenters. The second-order valence-corrected chi connectivity index (χ2v) is 8.92. The Balaban J connectivity index is 1.66. The molecule has 0 spiro atoms. The molecule has 2 atom stereocenters. The van der Waals surface area contributed by atoms with Gasteiger partial charge in [0.1, 0.15) is 0 Å². The van der Waals surface area contributed by atoms with Gasteiger partial charge in [0, 0.05) is 30.0 Å². The van der Waals surface area contributed by atoms with E-state index in [0.29, 0.717) is 31.4 Å². The van der Waals surface area contributed by atoms with Crippen molar-refractivity contribution in [3.05, 3.63) is 29.3 Å². The molecular weight excluding hydrogens is 328 g/mol. The predicted molar refractivity (Wildman–Crippen MR) is 92.1 cm³/mol. The molecule has 2 N–H and O–H groups in total. The molecule has 6 nitrogen and oxygen atoms in total. The molecule has 1 aromatic rings. The van der Waals surface area contributed by atoms with Crippen molar-refractivity contribution in [2.24, 2.45) is 0 Å². The van der Waals surface area contributed by atoms with Crippen LogP contribution >= 0.6 is 0 Å². The summed E-state index contributed by atoms with van der Waals surface area (Å²) in [4.78, 5) is 23.9. The molecule has 1 saturated carbocycles. The van der Waals surface area contributed by atoms with Crippen molar-refractivity contribution in [1.29, 1.82) is 0 Å². The third kappa shape index (κ3) is 3.61. The number of aryl methyl sites for hydroxylation is 1. The highest BCUT2D eigenvalue weighted by Crippen LogP contribution is 2.26. The zero-order valence-corrected chi connectivity index (χ0v) is 14.5. The predicted octanol–water partition coefficient (Wildman–Crippen LogP) is 2.29. The molecular formula is C17H22N2O4S. The second-order valence-electron chi connectivity index (χ2n) is 6.65. The maximum atomic E-state index is 12.2. The summed E-state index contributed by atoms with van der Waals surface area (Å²) in [6.45, 7) is 0. The lowest BCUT2D eigenvalue weighted by Crippen LogP contribution is -2.49. The van der Waals surface area contributed by atoms with E-state index in [1.807, 2.05) is 6.07 Å². The number of benzene rings is 1. The number of fused-ring (bicyclic) bond motifs is 1. The summed E-state index contributed by atoms with van der Waals surface area (Å²) in [6, 6.07) is 4.50. The average Bonchev–Trinajstić information content (AvgIpc) is 2.87. The highest BCUT2D eigenvalue weighted by atomic mass is 32.2. The highest BCUT2D eigenvalue weighted by molar-refractivity contribution is 7.91. The molecule has 2 aliphatic rings. The lowest BCUT2D eigenvalue weighted by molar-refractivity contribution is 0.0994. The molecule has 0 bridgehead atoms. The highest BCUT2D eigenvalue weighted by Gasteiger charge is 2.33. The normalized spacial score (nSPS) is 23.6. The standard InChI is InChI=1S/C17H22N2O4S/c1-24(22,23)16-5-3-2-4-14(16)19-17(21)18-12-7-8-13-11(10-12)6-9-15(13)20/h7-8,10,14,16H,2-6,9H2,1H3,(H2,18,19,21)/t14-,16-/m1/s1. The van der Waals surface area contributed by atoms with Crippen molar-refractivity contribution in [3.63, 3.8) is 0 Å². The number of ketones is 1. The van der Waals surface area contributed by atoms with Crippen LogP contribution in [0.25, 0.3) is 0 Å². The molecule has 0 radical (unpaired) electrons. The maximum absolute atomic E-state index is 12.2. The van der Waals surface area contributed by atoms with Gasteiger partial charge in [0.05, 0.1) is 5.25 Å². The van der Waals surface area contributed by atoms with E-state index >= 15 is 0 Å². The minimum Gasteiger partial charge on any atom is -0.334 e. The smallest absolute Gasteiger partial charge is 0.319 e. The molecule has 0 heterocycles. The van der Waals surface area contributed by atoms with Gasteiger partial charge < -0.3 is 10.6 Å². The molecule has 3 rings (SSSR count). The van der Waals surface area contributed by atoms with Crippen LogP contribution in [0.5, 0.6) is 0 Å². The minimum absolute atomic E-state index is 0.138. The Hall–Kier alpha value is -1.89. The van der Waals surface area contributed by atoms with E-state index < -0.39 is 21.1 Å². The lowest BCUT2D eigenvalue weighted by Gasteiger charge is -2.30. The third-order valence-corrected chi connectivity index (χ3v) is 6.52. The van der Waals surface area contributed by atoms with Crippen molar-refractivity contribution in [1.82, 2.24) is 5.32 Å². The topological polar surface area (TPSA) is 92.3 Å². The lowest BCUT2D eigenvalue weighted by atomic mass is 9.95. The number of hydrogen-bond acceptors (Lipinski definition) is 4. The fourth-order valence-corrected chi connectivity index (χ4v) is 5.04. The van der Waals surface area contributed by atoms with Gasteiger partial charge in [-0.2, -0.15) is 0 Å². The Morgan fingerprint density at radius 3 is 2.67 bits per heavy atom. The number of nitrogens with one attached hydrogen (secondary N) is 2. The first-order valence-electron chi connectivity index (χ1n) is 8.27. The Morgan fingerprint density at radius 2 is 1.92 bits per heavy atom. The molecule has 1 aromatic carbocycles. The van der Waals surface area contributed by atoms with Crippen LogP contribution in [0.1, 0.15) is 48.0 Å². The van der Waals surface area contributed by atoms with Crippen molar-refractivity contribution in [2.75, 3.05) is 11.6 Å². The summed E-state index contributed by atoms with van der Waals surface area (Å²) < 4.78 is 23.8. The van der Waals surface area contributed by atoms with Crippen molar-refractivity contribution in [2.45, 2.75) is 49.8 Å². The van der Waals surface area contributed by atoms with Crippen LogP contribution in [0, 0.1) is 0 Å². The van der Waals surface area contributed by atoms with E-state index in [-0.39, 0.29) is 11.8 Å². The number of carbonyl (C=O) groups excluding carboxylic acids is 2. The Morgan fingerprint density at radius 1 is 1.17 bits per heavy atom. The van der Waals surface area contributed by atoms with E-state index in [0.717, 1.165) is 24.0 Å². The van der Waals surface area contributed by atoms with Gasteiger partial charge >= 0.3 is 6.03 Å². The zero-order chi connectivity index (χ0) is 17.3. The fraction of sp³-hybridized carbons (Fsp3) is 0.529. The van der Waals surface area contributed by atoms with Crippen LogP contribution in [-0.2, 0) is 16.3 Å². The number of anilines is 1. The van der Waals surface area contributed by atoms with E-state index in [9.17, 15) is 18.0 Å². The fourth-order valence-electron chi connectivity index (χ4n) is 3.64. The quantitative estimate of drug-likeness (QED) is 0.875. The number of urea groups is 1. The molecule has 0 aromatic heterocycles. The monoisotopic (exact) mass is 350 g/mol. The van der Waals surface area contributed by atoms with Crippen LogP contribution in [0.15, 0.2) is 18.2 Å². The zero-order valence-electron chi connectivity index (χ0n) is 13.7. The number of hydrogen-bond donors (Lipinski definition) is 2. The van der Waals surface area contributed by atoms with Gasteiger partial charge in [0.15, 0.2) is 15.6 Å². The molecule has 0 saturated heterocycles. The van der Waals surface area contributed by atoms with Crippen LogP contribution in [0.2, 0.25) is 0 Å². The number of amides is 2. The number of carbonyl (C=O) groups is 2. The number of Topliss-reactive ketones (excluding diaryl/α,β-unsaturated/α-hetero) is 1. The second kappa shape index (κ2) is 6.55. The summed E-state index contributed by atoms with van der Waals surface area (Å²) in [5.74, 6) is 0.138. The van der Waals surface area contributed by atoms with Gasteiger partial charge in [-0.1, -0.05) is 12.8 Å². The van der Waals surface area contributed by atoms with Crippen LogP contribution in [0.4, 0.5) is 10.5 Å². The van der Waals surface area contributed by atoms with Crippen LogP contribution < -0.4 is 10.6 Å². The van der Waals surface area contributed by atoms with Crippen molar-refractivity contribution < 1.29 is 18.0 Å². The van der Waals surface area contributed by atoms with Crippen molar-refractivity contribution in [3.8, 4) is 0 Å². The maximum Gasteiger partial charge on any atom is 0.319 e. The van der Waals surface area contributed by atoms with Crippen LogP contribution in [-0.4, -0.2) is 37.8 Å². The molecule has 130 valence electrons. The van der Waals surface area contributed by atoms with Gasteiger partial charge in [0.25, 0.3) is 0 Å². The van der Waals surface area contributed by atoms with Gasteiger partial charge in [0.2, 0.25) is 0 Å². The number of sulfone groups is 1. The first-order valence-corrected chi connectivity index (χ1v) is 10.2. The van der Waals surface area contributed by atoms with Gasteiger partial charge in [-0.05, 0) is 43.0 Å². The summed E-state index contributed by atoms with van der Waals surface area (Å²) in [6.07, 6.45) is 5.49. The van der Waals surface area contributed by atoms with Crippen molar-refractivity contribution >= 4 is 27.3 Å². The average molecular weight is 350 g/mol. The molecule has 2 amide bonds. The van der Waals surface area contributed by atoms with E-state index in [4.69, 9.17) is 0 Å². The largest absolute Gasteiger partial charge is 0.334 e. The van der Waals surface area contributed by atoms with Gasteiger partial charge in [-0.25, -0.2) is 13.2 Å². The molecule has 1 fully saturated rings.